The van der Waals surface area contributed by atoms with Crippen molar-refractivity contribution in [3.63, 3.8) is 0 Å². The van der Waals surface area contributed by atoms with Crippen LogP contribution in [-0.4, -0.2) is 54.3 Å². The van der Waals surface area contributed by atoms with E-state index in [0.29, 0.717) is 39.0 Å². The maximum absolute atomic E-state index is 12.7. The minimum Gasteiger partial charge on any atom is -0.385 e. The summed E-state index contributed by atoms with van der Waals surface area (Å²) in [5.74, 6) is 0. The van der Waals surface area contributed by atoms with Gasteiger partial charge >= 0.3 is 5.69 Å². The molecule has 1 fully saturated rings. The lowest BCUT2D eigenvalue weighted by molar-refractivity contribution is 0.193. The fourth-order valence-electron chi connectivity index (χ4n) is 3.48. The number of nitrogens with zero attached hydrogens (tertiary/aromatic N) is 2. The molecule has 1 N–H and O–H groups in total. The number of benzene rings is 1. The van der Waals surface area contributed by atoms with Gasteiger partial charge in [0.15, 0.2) is 0 Å². The highest BCUT2D eigenvalue weighted by Crippen LogP contribution is 2.27. The number of fused-ring (bicyclic) bond motifs is 1. The topological polar surface area (TPSA) is 84.4 Å². The van der Waals surface area contributed by atoms with Crippen LogP contribution in [0.1, 0.15) is 32.2 Å². The highest BCUT2D eigenvalue weighted by molar-refractivity contribution is 7.89. The Bertz CT molecular complexity index is 879. The minimum absolute atomic E-state index is 0.0179. The molecular formula is C17H25N3O4S. The molecule has 0 amide bonds. The fourth-order valence-corrected chi connectivity index (χ4v) is 5.10. The van der Waals surface area contributed by atoms with Crippen LogP contribution in [-0.2, 0) is 14.8 Å². The number of sulfonamides is 1. The summed E-state index contributed by atoms with van der Waals surface area (Å²) in [5.41, 5.74) is 1.56. The monoisotopic (exact) mass is 367 g/mol. The van der Waals surface area contributed by atoms with E-state index >= 15 is 0 Å². The molecule has 138 valence electrons. The maximum atomic E-state index is 12.7. The summed E-state index contributed by atoms with van der Waals surface area (Å²) in [6.07, 6.45) is 1.76. The summed E-state index contributed by atoms with van der Waals surface area (Å²) in [7, 11) is -1.75. The zero-order chi connectivity index (χ0) is 18.0. The molecular weight excluding hydrogens is 342 g/mol. The molecule has 8 heteroatoms. The average molecular weight is 367 g/mol. The molecule has 0 saturated carbocycles. The van der Waals surface area contributed by atoms with E-state index in [0.717, 1.165) is 11.0 Å². The SMILES string of the molecule is COCCC(C)S(=O)(=O)N1CCC(n2c(=O)[nH]c3ccccc32)CC1. The quantitative estimate of drug-likeness (QED) is 0.842. The van der Waals surface area contributed by atoms with Crippen LogP contribution in [0.15, 0.2) is 29.1 Å². The van der Waals surface area contributed by atoms with Gasteiger partial charge in [-0.2, -0.15) is 0 Å². The second-order valence-electron chi connectivity index (χ2n) is 6.58. The third kappa shape index (κ3) is 3.51. The molecule has 1 aliphatic rings. The van der Waals surface area contributed by atoms with Crippen LogP contribution in [0.2, 0.25) is 0 Å². The standard InChI is InChI=1S/C17H25N3O4S/c1-13(9-12-24-2)25(22,23)19-10-7-14(8-11-19)20-16-6-4-3-5-15(16)18-17(20)21/h3-6,13-14H,7-12H2,1-2H3,(H,18,21). The van der Waals surface area contributed by atoms with Gasteiger partial charge < -0.3 is 9.72 Å². The second-order valence-corrected chi connectivity index (χ2v) is 8.94. The molecule has 7 nitrogen and oxygen atoms in total. The largest absolute Gasteiger partial charge is 0.385 e. The van der Waals surface area contributed by atoms with E-state index < -0.39 is 15.3 Å². The van der Waals surface area contributed by atoms with E-state index in [2.05, 4.69) is 4.98 Å². The van der Waals surface area contributed by atoms with Crippen LogP contribution in [0.3, 0.4) is 0 Å². The number of aromatic amines is 1. The number of ether oxygens (including phenoxy) is 1. The predicted molar refractivity (Wildman–Crippen MR) is 97.3 cm³/mol. The van der Waals surface area contributed by atoms with Gasteiger partial charge in [0.1, 0.15) is 0 Å². The number of methoxy groups -OCH3 is 1. The molecule has 1 unspecified atom stereocenters. The summed E-state index contributed by atoms with van der Waals surface area (Å²) >= 11 is 0. The Kier molecular flexibility index (Phi) is 5.31. The summed E-state index contributed by atoms with van der Waals surface area (Å²) in [6.45, 7) is 3.04. The predicted octanol–water partition coefficient (Wildman–Crippen LogP) is 1.72. The van der Waals surface area contributed by atoms with Crippen molar-refractivity contribution in [2.24, 2.45) is 0 Å². The van der Waals surface area contributed by atoms with E-state index in [1.165, 1.54) is 0 Å². The molecule has 0 spiro atoms. The molecule has 1 aromatic carbocycles. The minimum atomic E-state index is -3.32. The maximum Gasteiger partial charge on any atom is 0.326 e. The highest BCUT2D eigenvalue weighted by atomic mass is 32.2. The first kappa shape index (κ1) is 18.2. The first-order valence-electron chi connectivity index (χ1n) is 8.62. The van der Waals surface area contributed by atoms with Gasteiger partial charge in [-0.15, -0.1) is 0 Å². The van der Waals surface area contributed by atoms with Crippen LogP contribution < -0.4 is 5.69 Å². The third-order valence-electron chi connectivity index (χ3n) is 5.01. The Balaban J connectivity index is 1.73. The summed E-state index contributed by atoms with van der Waals surface area (Å²) in [5, 5.41) is -0.459. The molecule has 1 atom stereocenters. The normalized spacial score (nSPS) is 18.6. The van der Waals surface area contributed by atoms with E-state index in [4.69, 9.17) is 4.74 Å². The van der Waals surface area contributed by atoms with E-state index in [1.807, 2.05) is 24.3 Å². The number of rotatable bonds is 6. The van der Waals surface area contributed by atoms with Crippen LogP contribution >= 0.6 is 0 Å². The van der Waals surface area contributed by atoms with Crippen molar-refractivity contribution < 1.29 is 13.2 Å². The molecule has 2 aromatic rings. The first-order valence-corrected chi connectivity index (χ1v) is 10.1. The zero-order valence-corrected chi connectivity index (χ0v) is 15.5. The van der Waals surface area contributed by atoms with Crippen molar-refractivity contribution >= 4 is 21.1 Å². The van der Waals surface area contributed by atoms with Crippen LogP contribution in [0.4, 0.5) is 0 Å². The lowest BCUT2D eigenvalue weighted by Crippen LogP contribution is -2.44. The van der Waals surface area contributed by atoms with Crippen molar-refractivity contribution in [2.75, 3.05) is 26.8 Å². The van der Waals surface area contributed by atoms with Crippen LogP contribution in [0.25, 0.3) is 11.0 Å². The number of imidazole rings is 1. The number of aromatic nitrogens is 2. The van der Waals surface area contributed by atoms with Gasteiger partial charge in [0, 0.05) is 32.8 Å². The molecule has 0 radical (unpaired) electrons. The number of hydrogen-bond acceptors (Lipinski definition) is 4. The first-order chi connectivity index (χ1) is 11.9. The Morgan fingerprint density at radius 3 is 2.64 bits per heavy atom. The lowest BCUT2D eigenvalue weighted by atomic mass is 10.1. The average Bonchev–Trinajstić information content (AvgIpc) is 2.95. The summed E-state index contributed by atoms with van der Waals surface area (Å²) in [4.78, 5) is 15.2. The zero-order valence-electron chi connectivity index (χ0n) is 14.6. The molecule has 3 rings (SSSR count). The van der Waals surface area contributed by atoms with E-state index in [-0.39, 0.29) is 11.7 Å². The smallest absolute Gasteiger partial charge is 0.326 e. The lowest BCUT2D eigenvalue weighted by Gasteiger charge is -2.33. The molecule has 1 aromatic heterocycles. The summed E-state index contributed by atoms with van der Waals surface area (Å²) in [6, 6.07) is 7.61. The number of hydrogen-bond donors (Lipinski definition) is 1. The Hall–Kier alpha value is -1.64. The number of H-pyrrole nitrogens is 1. The van der Waals surface area contributed by atoms with Gasteiger partial charge in [-0.3, -0.25) is 4.57 Å². The van der Waals surface area contributed by atoms with Crippen LogP contribution in [0.5, 0.6) is 0 Å². The molecule has 1 saturated heterocycles. The van der Waals surface area contributed by atoms with Gasteiger partial charge in [-0.05, 0) is 38.3 Å². The van der Waals surface area contributed by atoms with E-state index in [1.54, 1.807) is 22.9 Å². The highest BCUT2D eigenvalue weighted by Gasteiger charge is 2.33. The van der Waals surface area contributed by atoms with Gasteiger partial charge in [-0.1, -0.05) is 12.1 Å². The molecule has 0 bridgehead atoms. The van der Waals surface area contributed by atoms with Crippen molar-refractivity contribution in [3.8, 4) is 0 Å². The van der Waals surface area contributed by atoms with E-state index in [9.17, 15) is 13.2 Å². The van der Waals surface area contributed by atoms with Crippen LogP contribution in [0, 0.1) is 0 Å². The van der Waals surface area contributed by atoms with Gasteiger partial charge in [0.2, 0.25) is 10.0 Å². The Morgan fingerprint density at radius 1 is 1.28 bits per heavy atom. The van der Waals surface area contributed by atoms with Crippen molar-refractivity contribution in [3.05, 3.63) is 34.7 Å². The van der Waals surface area contributed by atoms with Gasteiger partial charge in [0.25, 0.3) is 0 Å². The van der Waals surface area contributed by atoms with Crippen molar-refractivity contribution in [2.45, 2.75) is 37.5 Å². The molecule has 2 heterocycles. The third-order valence-corrected chi connectivity index (χ3v) is 7.35. The number of para-hydroxylation sites is 2. The van der Waals surface area contributed by atoms with Gasteiger partial charge in [-0.25, -0.2) is 17.5 Å². The van der Waals surface area contributed by atoms with Crippen molar-refractivity contribution in [1.82, 2.24) is 13.9 Å². The summed E-state index contributed by atoms with van der Waals surface area (Å²) < 4.78 is 33.6. The number of piperidine rings is 1. The Labute approximate surface area is 147 Å². The van der Waals surface area contributed by atoms with Crippen molar-refractivity contribution in [1.29, 1.82) is 0 Å². The Morgan fingerprint density at radius 2 is 1.96 bits per heavy atom. The van der Waals surface area contributed by atoms with Gasteiger partial charge in [0.05, 0.1) is 16.3 Å². The number of nitrogens with one attached hydrogen (secondary N) is 1. The molecule has 1 aliphatic heterocycles. The fraction of sp³-hybridized carbons (Fsp3) is 0.588. The molecule has 0 aliphatic carbocycles. The molecule has 25 heavy (non-hydrogen) atoms. The second kappa shape index (κ2) is 7.31.